The van der Waals surface area contributed by atoms with E-state index in [0.29, 0.717) is 11.3 Å². The van der Waals surface area contributed by atoms with E-state index >= 15 is 0 Å². The molecule has 0 saturated heterocycles. The van der Waals surface area contributed by atoms with Crippen LogP contribution in [-0.4, -0.2) is 20.6 Å². The van der Waals surface area contributed by atoms with Gasteiger partial charge in [-0.2, -0.15) is 0 Å². The summed E-state index contributed by atoms with van der Waals surface area (Å²) in [5, 5.41) is 2.78. The van der Waals surface area contributed by atoms with E-state index in [-0.39, 0.29) is 10.8 Å². The molecule has 0 fully saturated rings. The molecule has 2 rings (SSSR count). The topological polar surface area (TPSA) is 63.2 Å². The minimum Gasteiger partial charge on any atom is -0.322 e. The maximum atomic E-state index is 12.1. The Morgan fingerprint density at radius 1 is 1.10 bits per heavy atom. The lowest BCUT2D eigenvalue weighted by Gasteiger charge is -2.07. The Bertz CT molecular complexity index is 763. The van der Waals surface area contributed by atoms with Crippen molar-refractivity contribution in [3.8, 4) is 0 Å². The third-order valence-electron chi connectivity index (χ3n) is 2.84. The van der Waals surface area contributed by atoms with Crippen molar-refractivity contribution in [2.75, 3.05) is 11.6 Å². The van der Waals surface area contributed by atoms with Gasteiger partial charge in [0.2, 0.25) is 0 Å². The highest BCUT2D eigenvalue weighted by Gasteiger charge is 2.10. The van der Waals surface area contributed by atoms with Gasteiger partial charge in [-0.1, -0.05) is 15.9 Å². The molecule has 1 N–H and O–H groups in total. The van der Waals surface area contributed by atoms with Crippen molar-refractivity contribution in [1.82, 2.24) is 0 Å². The molecule has 0 aliphatic carbocycles. The third-order valence-corrected chi connectivity index (χ3v) is 4.43. The van der Waals surface area contributed by atoms with Gasteiger partial charge in [0.1, 0.15) is 0 Å². The number of benzene rings is 2. The molecule has 21 heavy (non-hydrogen) atoms. The molecule has 0 saturated carbocycles. The van der Waals surface area contributed by atoms with Crippen molar-refractivity contribution in [1.29, 1.82) is 0 Å². The fourth-order valence-corrected chi connectivity index (χ4v) is 3.10. The maximum Gasteiger partial charge on any atom is 0.255 e. The minimum atomic E-state index is -3.25. The molecule has 2 aromatic carbocycles. The van der Waals surface area contributed by atoms with Crippen LogP contribution in [0.2, 0.25) is 0 Å². The van der Waals surface area contributed by atoms with Crippen LogP contribution >= 0.6 is 15.9 Å². The normalized spacial score (nSPS) is 11.2. The summed E-state index contributed by atoms with van der Waals surface area (Å²) in [5.74, 6) is -0.285. The number of carbonyl (C=O) groups is 1. The molecule has 1 amide bonds. The molecule has 110 valence electrons. The fourth-order valence-electron chi connectivity index (χ4n) is 1.87. The van der Waals surface area contributed by atoms with Crippen LogP contribution < -0.4 is 5.32 Å². The van der Waals surface area contributed by atoms with Crippen LogP contribution in [0.3, 0.4) is 0 Å². The predicted octanol–water partition coefficient (Wildman–Crippen LogP) is 3.41. The minimum absolute atomic E-state index is 0.192. The lowest BCUT2D eigenvalue weighted by Crippen LogP contribution is -2.12. The highest BCUT2D eigenvalue weighted by atomic mass is 79.9. The molecule has 0 unspecified atom stereocenters. The summed E-state index contributed by atoms with van der Waals surface area (Å²) in [4.78, 5) is 12.3. The van der Waals surface area contributed by atoms with Crippen molar-refractivity contribution in [3.63, 3.8) is 0 Å². The molecule has 4 nitrogen and oxygen atoms in total. The van der Waals surface area contributed by atoms with Crippen LogP contribution in [0.15, 0.2) is 51.8 Å². The molecular formula is C15H14BrNO3S. The quantitative estimate of drug-likeness (QED) is 0.903. The highest BCUT2D eigenvalue weighted by molar-refractivity contribution is 9.10. The van der Waals surface area contributed by atoms with Crippen LogP contribution in [0.1, 0.15) is 15.9 Å². The van der Waals surface area contributed by atoms with E-state index < -0.39 is 9.84 Å². The molecular weight excluding hydrogens is 354 g/mol. The van der Waals surface area contributed by atoms with E-state index in [2.05, 4.69) is 21.2 Å². The number of sulfone groups is 1. The summed E-state index contributed by atoms with van der Waals surface area (Å²) < 4.78 is 23.6. The molecule has 0 aliphatic heterocycles. The van der Waals surface area contributed by atoms with E-state index in [4.69, 9.17) is 0 Å². The van der Waals surface area contributed by atoms with Crippen molar-refractivity contribution >= 4 is 37.4 Å². The Kier molecular flexibility index (Phi) is 4.49. The molecule has 0 bridgehead atoms. The van der Waals surface area contributed by atoms with Gasteiger partial charge in [0.05, 0.1) is 4.90 Å². The SMILES string of the molecule is Cc1cc(Br)cc(NC(=O)c2ccc(S(C)(=O)=O)cc2)c1. The van der Waals surface area contributed by atoms with Crippen molar-refractivity contribution in [3.05, 3.63) is 58.1 Å². The zero-order chi connectivity index (χ0) is 15.6. The molecule has 0 aromatic heterocycles. The first kappa shape index (κ1) is 15.7. The van der Waals surface area contributed by atoms with Gasteiger partial charge in [-0.25, -0.2) is 8.42 Å². The van der Waals surface area contributed by atoms with Crippen molar-refractivity contribution in [2.24, 2.45) is 0 Å². The first-order valence-corrected chi connectivity index (χ1v) is 8.83. The van der Waals surface area contributed by atoms with Gasteiger partial charge >= 0.3 is 0 Å². The molecule has 6 heteroatoms. The second-order valence-electron chi connectivity index (χ2n) is 4.77. The van der Waals surface area contributed by atoms with Gasteiger partial charge in [-0.15, -0.1) is 0 Å². The Hall–Kier alpha value is -1.66. The molecule has 0 radical (unpaired) electrons. The standard InChI is InChI=1S/C15H14BrNO3S/c1-10-7-12(16)9-13(8-10)17-15(18)11-3-5-14(6-4-11)21(2,19)20/h3-9H,1-2H3,(H,17,18). The van der Waals surface area contributed by atoms with Crippen LogP contribution in [0, 0.1) is 6.92 Å². The lowest BCUT2D eigenvalue weighted by molar-refractivity contribution is 0.102. The Morgan fingerprint density at radius 3 is 2.24 bits per heavy atom. The van der Waals surface area contributed by atoms with E-state index in [1.54, 1.807) is 6.07 Å². The first-order chi connectivity index (χ1) is 9.75. The molecule has 2 aromatic rings. The van der Waals surface area contributed by atoms with Crippen LogP contribution in [0.5, 0.6) is 0 Å². The lowest BCUT2D eigenvalue weighted by atomic mass is 10.2. The second-order valence-corrected chi connectivity index (χ2v) is 7.70. The van der Waals surface area contributed by atoms with Crippen molar-refractivity contribution < 1.29 is 13.2 Å². The summed E-state index contributed by atoms with van der Waals surface area (Å²) in [7, 11) is -3.25. The van der Waals surface area contributed by atoms with Crippen LogP contribution in [0.25, 0.3) is 0 Å². The van der Waals surface area contributed by atoms with E-state index in [9.17, 15) is 13.2 Å². The number of carbonyl (C=O) groups excluding carboxylic acids is 1. The number of halogens is 1. The van der Waals surface area contributed by atoms with E-state index in [1.807, 2.05) is 19.1 Å². The van der Waals surface area contributed by atoms with Gasteiger partial charge in [0, 0.05) is 22.0 Å². The zero-order valence-corrected chi connectivity index (χ0v) is 14.0. The average molecular weight is 368 g/mol. The summed E-state index contributed by atoms with van der Waals surface area (Å²) in [6.45, 7) is 1.93. The van der Waals surface area contributed by atoms with E-state index in [1.165, 1.54) is 24.3 Å². The average Bonchev–Trinajstić information content (AvgIpc) is 2.36. The number of amides is 1. The first-order valence-electron chi connectivity index (χ1n) is 6.14. The smallest absolute Gasteiger partial charge is 0.255 e. The predicted molar refractivity (Wildman–Crippen MR) is 86.4 cm³/mol. The number of hydrogen-bond acceptors (Lipinski definition) is 3. The van der Waals surface area contributed by atoms with Gasteiger partial charge in [0.25, 0.3) is 5.91 Å². The Labute approximate surface area is 132 Å². The largest absolute Gasteiger partial charge is 0.322 e. The maximum absolute atomic E-state index is 12.1. The molecule has 0 atom stereocenters. The summed E-state index contributed by atoms with van der Waals surface area (Å²) in [6, 6.07) is 11.4. The number of anilines is 1. The summed E-state index contributed by atoms with van der Waals surface area (Å²) in [6.07, 6.45) is 1.13. The van der Waals surface area contributed by atoms with Gasteiger partial charge in [-0.3, -0.25) is 4.79 Å². The fraction of sp³-hybridized carbons (Fsp3) is 0.133. The highest BCUT2D eigenvalue weighted by Crippen LogP contribution is 2.20. The monoisotopic (exact) mass is 367 g/mol. The number of nitrogens with one attached hydrogen (secondary N) is 1. The number of hydrogen-bond donors (Lipinski definition) is 1. The van der Waals surface area contributed by atoms with Crippen LogP contribution in [0.4, 0.5) is 5.69 Å². The second kappa shape index (κ2) is 5.99. The van der Waals surface area contributed by atoms with E-state index in [0.717, 1.165) is 16.3 Å². The molecule has 0 spiro atoms. The Morgan fingerprint density at radius 2 is 1.71 bits per heavy atom. The third kappa shape index (κ3) is 4.15. The molecule has 0 aliphatic rings. The number of rotatable bonds is 3. The zero-order valence-electron chi connectivity index (χ0n) is 11.6. The summed E-state index contributed by atoms with van der Waals surface area (Å²) >= 11 is 3.37. The van der Waals surface area contributed by atoms with Crippen LogP contribution in [-0.2, 0) is 9.84 Å². The Balaban J connectivity index is 2.20. The molecule has 0 heterocycles. The number of aryl methyl sites for hydroxylation is 1. The van der Waals surface area contributed by atoms with Gasteiger partial charge < -0.3 is 5.32 Å². The van der Waals surface area contributed by atoms with Crippen molar-refractivity contribution in [2.45, 2.75) is 11.8 Å². The van der Waals surface area contributed by atoms with Gasteiger partial charge in [-0.05, 0) is 55.0 Å². The van der Waals surface area contributed by atoms with Gasteiger partial charge in [0.15, 0.2) is 9.84 Å². The summed E-state index contributed by atoms with van der Waals surface area (Å²) in [5.41, 5.74) is 2.10.